The highest BCUT2D eigenvalue weighted by molar-refractivity contribution is 5.72. The third-order valence-electron chi connectivity index (χ3n) is 1.56. The normalized spacial score (nSPS) is 9.54. The SMILES string of the molecule is NCC(=O)O.NCC(=O)O.NCC(=O)O.NCCC[C@H](N)C(=O)O. The maximum Gasteiger partial charge on any atom is 0.320 e. The second-order valence-electron chi connectivity index (χ2n) is 3.67. The molecule has 0 amide bonds. The molecular formula is C11H27N5O8. The molecule has 0 saturated carbocycles. The molecule has 0 heterocycles. The topological polar surface area (TPSA) is 279 Å². The van der Waals surface area contributed by atoms with Gasteiger partial charge >= 0.3 is 23.9 Å². The van der Waals surface area contributed by atoms with Crippen LogP contribution in [0.15, 0.2) is 0 Å². The van der Waals surface area contributed by atoms with Gasteiger partial charge in [-0.15, -0.1) is 0 Å². The monoisotopic (exact) mass is 357 g/mol. The van der Waals surface area contributed by atoms with Crippen LogP contribution < -0.4 is 28.7 Å². The third-order valence-corrected chi connectivity index (χ3v) is 1.56. The van der Waals surface area contributed by atoms with Gasteiger partial charge in [-0.3, -0.25) is 19.2 Å². The molecule has 0 rings (SSSR count). The lowest BCUT2D eigenvalue weighted by Gasteiger charge is -2.02. The maximum atomic E-state index is 10.0. The van der Waals surface area contributed by atoms with Crippen LogP contribution in [0.1, 0.15) is 12.8 Å². The molecule has 13 heteroatoms. The molecule has 0 saturated heterocycles. The summed E-state index contributed by atoms with van der Waals surface area (Å²) in [6.07, 6.45) is 1.14. The van der Waals surface area contributed by atoms with Gasteiger partial charge in [-0.25, -0.2) is 0 Å². The average Bonchev–Trinajstić information content (AvgIpc) is 2.53. The van der Waals surface area contributed by atoms with Gasteiger partial charge in [0.25, 0.3) is 0 Å². The average molecular weight is 357 g/mol. The van der Waals surface area contributed by atoms with Gasteiger partial charge in [-0.1, -0.05) is 0 Å². The van der Waals surface area contributed by atoms with E-state index in [2.05, 4.69) is 17.2 Å². The molecule has 0 unspecified atom stereocenters. The van der Waals surface area contributed by atoms with E-state index < -0.39 is 29.9 Å². The molecule has 0 aliphatic rings. The largest absolute Gasteiger partial charge is 0.480 e. The molecule has 0 fully saturated rings. The highest BCUT2D eigenvalue weighted by atomic mass is 16.4. The Morgan fingerprint density at radius 3 is 1.08 bits per heavy atom. The molecule has 0 aromatic heterocycles. The van der Waals surface area contributed by atoms with Crippen molar-refractivity contribution in [1.82, 2.24) is 0 Å². The minimum absolute atomic E-state index is 0.278. The second kappa shape index (κ2) is 23.0. The summed E-state index contributed by atoms with van der Waals surface area (Å²) >= 11 is 0. The Balaban J connectivity index is -0.000000116. The predicted octanol–water partition coefficient (Wildman–Crippen LogP) is -3.77. The van der Waals surface area contributed by atoms with Crippen molar-refractivity contribution in [3.63, 3.8) is 0 Å². The van der Waals surface area contributed by atoms with Gasteiger partial charge in [0.1, 0.15) is 6.04 Å². The van der Waals surface area contributed by atoms with Gasteiger partial charge in [0.05, 0.1) is 19.6 Å². The van der Waals surface area contributed by atoms with Crippen molar-refractivity contribution in [3.05, 3.63) is 0 Å². The number of nitrogens with two attached hydrogens (primary N) is 5. The van der Waals surface area contributed by atoms with E-state index in [0.717, 1.165) is 0 Å². The van der Waals surface area contributed by atoms with Crippen molar-refractivity contribution in [2.45, 2.75) is 18.9 Å². The van der Waals surface area contributed by atoms with Gasteiger partial charge in [0, 0.05) is 0 Å². The molecule has 13 nitrogen and oxygen atoms in total. The van der Waals surface area contributed by atoms with Crippen molar-refractivity contribution < 1.29 is 39.6 Å². The minimum atomic E-state index is -0.968. The molecule has 0 aromatic rings. The molecule has 24 heavy (non-hydrogen) atoms. The molecule has 0 aliphatic carbocycles. The third kappa shape index (κ3) is 50.3. The van der Waals surface area contributed by atoms with Gasteiger partial charge < -0.3 is 49.1 Å². The summed E-state index contributed by atoms with van der Waals surface area (Å²) < 4.78 is 0. The molecule has 0 bridgehead atoms. The highest BCUT2D eigenvalue weighted by Gasteiger charge is 2.08. The van der Waals surface area contributed by atoms with E-state index in [0.29, 0.717) is 19.4 Å². The number of rotatable bonds is 7. The fraction of sp³-hybridized carbons (Fsp3) is 0.636. The van der Waals surface area contributed by atoms with Crippen LogP contribution in [-0.2, 0) is 19.2 Å². The van der Waals surface area contributed by atoms with E-state index in [1.807, 2.05) is 0 Å². The summed E-state index contributed by atoms with van der Waals surface area (Å²) in [4.78, 5) is 37.8. The molecule has 144 valence electrons. The number of carbonyl (C=O) groups is 4. The number of hydrogen-bond donors (Lipinski definition) is 9. The Hall–Kier alpha value is -2.32. The molecule has 0 radical (unpaired) electrons. The fourth-order valence-corrected chi connectivity index (χ4v) is 0.461. The predicted molar refractivity (Wildman–Crippen MR) is 84.0 cm³/mol. The van der Waals surface area contributed by atoms with Crippen LogP contribution >= 0.6 is 0 Å². The number of hydrogen-bond acceptors (Lipinski definition) is 9. The first kappa shape index (κ1) is 29.7. The van der Waals surface area contributed by atoms with Crippen molar-refractivity contribution in [3.8, 4) is 0 Å². The first-order chi connectivity index (χ1) is 11.0. The Morgan fingerprint density at radius 1 is 0.708 bits per heavy atom. The van der Waals surface area contributed by atoms with Crippen LogP contribution in [0.2, 0.25) is 0 Å². The lowest BCUT2D eigenvalue weighted by molar-refractivity contribution is -0.139. The number of carboxylic acid groups (broad SMARTS) is 4. The van der Waals surface area contributed by atoms with Crippen LogP contribution in [0.4, 0.5) is 0 Å². The van der Waals surface area contributed by atoms with E-state index >= 15 is 0 Å². The highest BCUT2D eigenvalue weighted by Crippen LogP contribution is 1.91. The van der Waals surface area contributed by atoms with Crippen LogP contribution in [0.3, 0.4) is 0 Å². The smallest absolute Gasteiger partial charge is 0.320 e. The van der Waals surface area contributed by atoms with Crippen molar-refractivity contribution in [2.75, 3.05) is 26.2 Å². The lowest BCUT2D eigenvalue weighted by atomic mass is 10.2. The number of carboxylic acids is 4. The summed E-state index contributed by atoms with van der Waals surface area (Å²) in [5, 5.41) is 31.0. The van der Waals surface area contributed by atoms with Gasteiger partial charge in [0.2, 0.25) is 0 Å². The van der Waals surface area contributed by atoms with Crippen LogP contribution in [-0.4, -0.2) is 76.5 Å². The van der Waals surface area contributed by atoms with Crippen molar-refractivity contribution in [1.29, 1.82) is 0 Å². The Morgan fingerprint density at radius 2 is 0.958 bits per heavy atom. The second-order valence-corrected chi connectivity index (χ2v) is 3.67. The van der Waals surface area contributed by atoms with Crippen molar-refractivity contribution >= 4 is 23.9 Å². The summed E-state index contributed by atoms with van der Waals surface area (Å²) in [5.41, 5.74) is 24.0. The van der Waals surface area contributed by atoms with E-state index in [9.17, 15) is 19.2 Å². The number of aliphatic carboxylic acids is 4. The Bertz CT molecular complexity index is 320. The first-order valence-electron chi connectivity index (χ1n) is 6.43. The Kier molecular flexibility index (Phi) is 28.4. The molecule has 0 aromatic carbocycles. The standard InChI is InChI=1S/C5H12N2O2.3C2H5NO2/c6-3-1-2-4(7)5(8)9;3*3-1-2(4)5/h4H,1-3,6-7H2,(H,8,9);3*1,3H2,(H,4,5)/t4-;;;/m0.../s1. The fourth-order valence-electron chi connectivity index (χ4n) is 0.461. The molecular weight excluding hydrogens is 330 g/mol. The zero-order chi connectivity index (χ0) is 20.1. The molecule has 1 atom stereocenters. The van der Waals surface area contributed by atoms with Crippen LogP contribution in [0.25, 0.3) is 0 Å². The van der Waals surface area contributed by atoms with E-state index in [-0.39, 0.29) is 19.6 Å². The van der Waals surface area contributed by atoms with E-state index in [1.165, 1.54) is 0 Å². The van der Waals surface area contributed by atoms with Gasteiger partial charge in [-0.05, 0) is 19.4 Å². The lowest BCUT2D eigenvalue weighted by Crippen LogP contribution is -2.30. The maximum absolute atomic E-state index is 10.0. The summed E-state index contributed by atoms with van der Waals surface area (Å²) in [7, 11) is 0. The van der Waals surface area contributed by atoms with E-state index in [4.69, 9.17) is 31.9 Å². The summed E-state index contributed by atoms with van der Waals surface area (Å²) in [6, 6.07) is -0.742. The van der Waals surface area contributed by atoms with Crippen molar-refractivity contribution in [2.24, 2.45) is 28.7 Å². The van der Waals surface area contributed by atoms with Gasteiger partial charge in [-0.2, -0.15) is 0 Å². The summed E-state index contributed by atoms with van der Waals surface area (Å²) in [6.45, 7) is -0.332. The zero-order valence-electron chi connectivity index (χ0n) is 13.1. The molecule has 0 spiro atoms. The summed E-state index contributed by atoms with van der Waals surface area (Å²) in [5.74, 6) is -3.86. The first-order valence-corrected chi connectivity index (χ1v) is 6.43. The zero-order valence-corrected chi connectivity index (χ0v) is 13.1. The van der Waals surface area contributed by atoms with E-state index in [1.54, 1.807) is 0 Å². The van der Waals surface area contributed by atoms with Crippen LogP contribution in [0, 0.1) is 0 Å². The van der Waals surface area contributed by atoms with Gasteiger partial charge in [0.15, 0.2) is 0 Å². The minimum Gasteiger partial charge on any atom is -0.480 e. The Labute approximate surface area is 138 Å². The quantitative estimate of drug-likeness (QED) is 0.212. The molecule has 14 N–H and O–H groups in total. The molecule has 0 aliphatic heterocycles. The van der Waals surface area contributed by atoms with Crippen LogP contribution in [0.5, 0.6) is 0 Å².